The Balaban J connectivity index is 2.12. The van der Waals surface area contributed by atoms with Crippen LogP contribution >= 0.6 is 11.8 Å². The van der Waals surface area contributed by atoms with Crippen molar-refractivity contribution in [3.8, 4) is 0 Å². The summed E-state index contributed by atoms with van der Waals surface area (Å²) in [6.45, 7) is 0. The summed E-state index contributed by atoms with van der Waals surface area (Å²) >= 11 is 1.42. The van der Waals surface area contributed by atoms with Crippen molar-refractivity contribution in [1.82, 2.24) is 9.97 Å². The van der Waals surface area contributed by atoms with Crippen molar-refractivity contribution in [3.05, 3.63) is 47.7 Å². The van der Waals surface area contributed by atoms with Gasteiger partial charge in [-0.2, -0.15) is 0 Å². The van der Waals surface area contributed by atoms with Gasteiger partial charge < -0.3 is 10.8 Å². The van der Waals surface area contributed by atoms with Crippen LogP contribution in [0.2, 0.25) is 0 Å². The lowest BCUT2D eigenvalue weighted by Gasteiger charge is -2.03. The van der Waals surface area contributed by atoms with Crippen LogP contribution in [0.15, 0.2) is 41.4 Å². The van der Waals surface area contributed by atoms with Crippen LogP contribution in [0.5, 0.6) is 0 Å². The predicted octanol–water partition coefficient (Wildman–Crippen LogP) is 2.05. The van der Waals surface area contributed by atoms with E-state index in [-0.39, 0.29) is 11.6 Å². The molecule has 0 fully saturated rings. The quantitative estimate of drug-likeness (QED) is 0.646. The van der Waals surface area contributed by atoms with E-state index in [1.807, 2.05) is 30.3 Å². The number of carboxylic acid groups (broad SMARTS) is 1. The second-order valence-electron chi connectivity index (χ2n) is 3.53. The predicted molar refractivity (Wildman–Crippen MR) is 69.4 cm³/mol. The number of nitrogen functional groups attached to an aromatic ring is 1. The van der Waals surface area contributed by atoms with Crippen LogP contribution < -0.4 is 5.73 Å². The maximum absolute atomic E-state index is 10.8. The fourth-order valence-corrected chi connectivity index (χ4v) is 2.22. The molecule has 2 rings (SSSR count). The number of rotatable bonds is 4. The van der Waals surface area contributed by atoms with Crippen LogP contribution in [-0.4, -0.2) is 21.0 Å². The molecule has 0 aliphatic carbocycles. The summed E-state index contributed by atoms with van der Waals surface area (Å²) < 4.78 is 0. The Kier molecular flexibility index (Phi) is 3.78. The molecule has 0 unspecified atom stereocenters. The molecule has 0 aliphatic rings. The summed E-state index contributed by atoms with van der Waals surface area (Å²) in [4.78, 5) is 18.5. The largest absolute Gasteiger partial charge is 0.477 e. The molecule has 6 heteroatoms. The van der Waals surface area contributed by atoms with Crippen molar-refractivity contribution in [1.29, 1.82) is 0 Å². The van der Waals surface area contributed by atoms with E-state index in [9.17, 15) is 4.79 Å². The molecular weight excluding hydrogens is 250 g/mol. The van der Waals surface area contributed by atoms with E-state index < -0.39 is 5.97 Å². The van der Waals surface area contributed by atoms with Gasteiger partial charge >= 0.3 is 5.97 Å². The normalized spacial score (nSPS) is 10.2. The first-order valence-corrected chi connectivity index (χ1v) is 6.18. The van der Waals surface area contributed by atoms with Crippen molar-refractivity contribution in [2.24, 2.45) is 0 Å². The third-order valence-electron chi connectivity index (χ3n) is 2.17. The smallest absolute Gasteiger partial charge is 0.354 e. The number of anilines is 1. The molecule has 0 amide bonds. The number of carboxylic acids is 1. The van der Waals surface area contributed by atoms with Crippen LogP contribution in [0.4, 0.5) is 5.95 Å². The highest BCUT2D eigenvalue weighted by Gasteiger charge is 2.09. The Morgan fingerprint density at radius 1 is 1.28 bits per heavy atom. The number of carbonyl (C=O) groups is 1. The molecule has 0 saturated carbocycles. The number of hydrogen-bond donors (Lipinski definition) is 2. The lowest BCUT2D eigenvalue weighted by molar-refractivity contribution is 0.0690. The number of hydrogen-bond acceptors (Lipinski definition) is 5. The average molecular weight is 261 g/mol. The Hall–Kier alpha value is -2.08. The third kappa shape index (κ3) is 3.21. The Morgan fingerprint density at radius 2 is 2.00 bits per heavy atom. The molecule has 0 radical (unpaired) electrons. The molecule has 18 heavy (non-hydrogen) atoms. The highest BCUT2D eigenvalue weighted by Crippen LogP contribution is 2.21. The van der Waals surface area contributed by atoms with Crippen LogP contribution in [0, 0.1) is 0 Å². The van der Waals surface area contributed by atoms with Crippen LogP contribution in [0.25, 0.3) is 0 Å². The summed E-state index contributed by atoms with van der Waals surface area (Å²) in [5, 5.41) is 9.42. The van der Waals surface area contributed by atoms with E-state index >= 15 is 0 Å². The van der Waals surface area contributed by atoms with Gasteiger partial charge in [0.1, 0.15) is 5.03 Å². The van der Waals surface area contributed by atoms with Crippen LogP contribution in [0.1, 0.15) is 16.1 Å². The van der Waals surface area contributed by atoms with E-state index in [2.05, 4.69) is 9.97 Å². The number of thioether (sulfide) groups is 1. The fraction of sp³-hybridized carbons (Fsp3) is 0.0833. The molecule has 2 aromatic rings. The van der Waals surface area contributed by atoms with Gasteiger partial charge in [0.25, 0.3) is 0 Å². The molecule has 0 bridgehead atoms. The number of aromatic carboxylic acids is 1. The van der Waals surface area contributed by atoms with Crippen LogP contribution in [-0.2, 0) is 5.75 Å². The highest BCUT2D eigenvalue weighted by atomic mass is 32.2. The van der Waals surface area contributed by atoms with Crippen molar-refractivity contribution in [3.63, 3.8) is 0 Å². The average Bonchev–Trinajstić information content (AvgIpc) is 2.37. The topological polar surface area (TPSA) is 89.1 Å². The first kappa shape index (κ1) is 12.4. The van der Waals surface area contributed by atoms with E-state index in [0.717, 1.165) is 5.56 Å². The molecule has 0 spiro atoms. The number of benzene rings is 1. The zero-order valence-corrected chi connectivity index (χ0v) is 10.2. The zero-order chi connectivity index (χ0) is 13.0. The standard InChI is InChI=1S/C12H11N3O2S/c13-12-14-9(11(16)17)6-10(15-12)18-7-8-4-2-1-3-5-8/h1-6H,7H2,(H,16,17)(H2,13,14,15). The lowest BCUT2D eigenvalue weighted by atomic mass is 10.2. The minimum atomic E-state index is -1.11. The molecule has 92 valence electrons. The molecule has 0 atom stereocenters. The first-order valence-electron chi connectivity index (χ1n) is 5.20. The van der Waals surface area contributed by atoms with Gasteiger partial charge in [0.05, 0.1) is 0 Å². The Morgan fingerprint density at radius 3 is 2.67 bits per heavy atom. The maximum atomic E-state index is 10.8. The van der Waals surface area contributed by atoms with Crippen LogP contribution in [0.3, 0.4) is 0 Å². The minimum absolute atomic E-state index is 0.0227. The number of nitrogens with zero attached hydrogens (tertiary/aromatic N) is 2. The van der Waals surface area contributed by atoms with Gasteiger partial charge in [-0.25, -0.2) is 14.8 Å². The summed E-state index contributed by atoms with van der Waals surface area (Å²) in [6, 6.07) is 11.3. The molecule has 1 aromatic carbocycles. The van der Waals surface area contributed by atoms with E-state index in [1.54, 1.807) is 0 Å². The number of nitrogens with two attached hydrogens (primary N) is 1. The van der Waals surface area contributed by atoms with E-state index in [1.165, 1.54) is 17.8 Å². The highest BCUT2D eigenvalue weighted by molar-refractivity contribution is 7.98. The monoisotopic (exact) mass is 261 g/mol. The summed E-state index contributed by atoms with van der Waals surface area (Å²) in [5.74, 6) is -0.424. The van der Waals surface area contributed by atoms with E-state index in [0.29, 0.717) is 10.8 Å². The van der Waals surface area contributed by atoms with Gasteiger partial charge in [-0.05, 0) is 5.56 Å². The SMILES string of the molecule is Nc1nc(SCc2ccccc2)cc(C(=O)O)n1. The Bertz CT molecular complexity index is 561. The summed E-state index contributed by atoms with van der Waals surface area (Å²) in [5.41, 5.74) is 6.52. The molecule has 5 nitrogen and oxygen atoms in total. The lowest BCUT2D eigenvalue weighted by Crippen LogP contribution is -2.05. The second kappa shape index (κ2) is 5.50. The van der Waals surface area contributed by atoms with Gasteiger partial charge in [0.15, 0.2) is 5.69 Å². The second-order valence-corrected chi connectivity index (χ2v) is 4.52. The van der Waals surface area contributed by atoms with Gasteiger partial charge in [0, 0.05) is 11.8 Å². The van der Waals surface area contributed by atoms with Crippen molar-refractivity contribution in [2.75, 3.05) is 5.73 Å². The summed E-state index contributed by atoms with van der Waals surface area (Å²) in [7, 11) is 0. The maximum Gasteiger partial charge on any atom is 0.354 e. The van der Waals surface area contributed by atoms with E-state index in [4.69, 9.17) is 10.8 Å². The molecule has 0 saturated heterocycles. The van der Waals surface area contributed by atoms with Gasteiger partial charge in [0.2, 0.25) is 5.95 Å². The molecule has 3 N–H and O–H groups in total. The fourth-order valence-electron chi connectivity index (χ4n) is 1.36. The van der Waals surface area contributed by atoms with Gasteiger partial charge in [-0.15, -0.1) is 11.8 Å². The van der Waals surface area contributed by atoms with Crippen molar-refractivity contribution < 1.29 is 9.90 Å². The summed E-state index contributed by atoms with van der Waals surface area (Å²) in [6.07, 6.45) is 0. The van der Waals surface area contributed by atoms with Crippen molar-refractivity contribution in [2.45, 2.75) is 10.8 Å². The molecule has 0 aliphatic heterocycles. The minimum Gasteiger partial charge on any atom is -0.477 e. The Labute approximate surface area is 108 Å². The molecule has 1 aromatic heterocycles. The van der Waals surface area contributed by atoms with Gasteiger partial charge in [-0.3, -0.25) is 0 Å². The van der Waals surface area contributed by atoms with Gasteiger partial charge in [-0.1, -0.05) is 30.3 Å². The molecular formula is C12H11N3O2S. The zero-order valence-electron chi connectivity index (χ0n) is 9.41. The third-order valence-corrected chi connectivity index (χ3v) is 3.15. The number of aromatic nitrogens is 2. The molecule has 1 heterocycles. The van der Waals surface area contributed by atoms with Crippen molar-refractivity contribution >= 4 is 23.7 Å². The first-order chi connectivity index (χ1) is 8.65.